The van der Waals surface area contributed by atoms with Crippen molar-refractivity contribution in [3.63, 3.8) is 0 Å². The molecule has 0 aliphatic carbocycles. The van der Waals surface area contributed by atoms with Gasteiger partial charge in [-0.1, -0.05) is 18.2 Å². The number of benzene rings is 1. The average molecular weight is 427 g/mol. The van der Waals surface area contributed by atoms with E-state index in [4.69, 9.17) is 11.6 Å². The molecule has 0 fully saturated rings. The topological polar surface area (TPSA) is 46.5 Å². The van der Waals surface area contributed by atoms with E-state index in [9.17, 15) is 0 Å². The van der Waals surface area contributed by atoms with E-state index >= 15 is 0 Å². The Morgan fingerprint density at radius 2 is 2.00 bits per heavy atom. The third kappa shape index (κ3) is 2.13. The van der Waals surface area contributed by atoms with Gasteiger partial charge in [-0.2, -0.15) is 4.98 Å². The van der Waals surface area contributed by atoms with E-state index in [1.54, 1.807) is 9.12 Å². The standard InChI is InChI=1S/C14H8ClIN4S/c15-14-18-12(9-5-6-20(21-16)13(9)19-14)10-7-17-11-4-2-1-3-8(10)11/h1-7,17H. The minimum Gasteiger partial charge on any atom is -0.360 e. The number of nitrogens with one attached hydrogen (secondary N) is 1. The van der Waals surface area contributed by atoms with E-state index in [2.05, 4.69) is 42.2 Å². The quantitative estimate of drug-likeness (QED) is 0.359. The van der Waals surface area contributed by atoms with Gasteiger partial charge in [-0.05, 0) is 23.7 Å². The van der Waals surface area contributed by atoms with Crippen molar-refractivity contribution in [1.82, 2.24) is 18.9 Å². The van der Waals surface area contributed by atoms with Crippen LogP contribution in [0.3, 0.4) is 0 Å². The minimum atomic E-state index is 0.258. The Hall–Kier alpha value is -1.25. The average Bonchev–Trinajstić information content (AvgIpc) is 3.09. The number of rotatable bonds is 2. The molecule has 4 rings (SSSR count). The lowest BCUT2D eigenvalue weighted by Crippen LogP contribution is -1.91. The molecule has 7 heteroatoms. The molecule has 0 atom stereocenters. The Balaban J connectivity index is 2.08. The van der Waals surface area contributed by atoms with Crippen molar-refractivity contribution >= 4 is 63.9 Å². The highest BCUT2D eigenvalue weighted by atomic mass is 127. The predicted octanol–water partition coefficient (Wildman–Crippen LogP) is 5.08. The van der Waals surface area contributed by atoms with Gasteiger partial charge in [-0.3, -0.25) is 3.97 Å². The van der Waals surface area contributed by atoms with E-state index in [0.717, 1.165) is 33.2 Å². The maximum absolute atomic E-state index is 6.12. The van der Waals surface area contributed by atoms with Gasteiger partial charge in [0.2, 0.25) is 5.28 Å². The molecule has 21 heavy (non-hydrogen) atoms. The molecule has 1 N–H and O–H groups in total. The molecule has 0 aliphatic rings. The second-order valence-corrected chi connectivity index (χ2v) is 6.59. The number of hydrogen-bond acceptors (Lipinski definition) is 3. The zero-order valence-corrected chi connectivity index (χ0v) is 14.3. The molecular weight excluding hydrogens is 419 g/mol. The summed E-state index contributed by atoms with van der Waals surface area (Å²) in [5.74, 6) is 0. The molecule has 0 aliphatic heterocycles. The Bertz CT molecular complexity index is 962. The molecule has 1 aromatic carbocycles. The monoisotopic (exact) mass is 426 g/mol. The molecular formula is C14H8ClIN4S. The van der Waals surface area contributed by atoms with Crippen molar-refractivity contribution in [2.24, 2.45) is 0 Å². The van der Waals surface area contributed by atoms with Crippen molar-refractivity contribution < 1.29 is 0 Å². The first-order valence-corrected chi connectivity index (χ1v) is 9.87. The van der Waals surface area contributed by atoms with Crippen LogP contribution in [0.5, 0.6) is 0 Å². The fourth-order valence-corrected chi connectivity index (χ4v) is 3.92. The van der Waals surface area contributed by atoms with Crippen LogP contribution in [0.15, 0.2) is 42.7 Å². The molecule has 0 radical (unpaired) electrons. The van der Waals surface area contributed by atoms with E-state index in [1.165, 1.54) is 0 Å². The molecule has 3 aromatic heterocycles. The Morgan fingerprint density at radius 3 is 2.86 bits per heavy atom. The lowest BCUT2D eigenvalue weighted by Gasteiger charge is -2.03. The number of para-hydroxylation sites is 1. The SMILES string of the molecule is Clc1nc(-c2c[nH]c3ccccc23)c2ccn(SI)c2n1. The van der Waals surface area contributed by atoms with E-state index < -0.39 is 0 Å². The van der Waals surface area contributed by atoms with Crippen LogP contribution in [0.4, 0.5) is 0 Å². The summed E-state index contributed by atoms with van der Waals surface area (Å²) in [5.41, 5.74) is 3.80. The summed E-state index contributed by atoms with van der Waals surface area (Å²) in [4.78, 5) is 12.1. The Kier molecular flexibility index (Phi) is 3.31. The van der Waals surface area contributed by atoms with Gasteiger partial charge in [0.05, 0.1) is 5.69 Å². The fraction of sp³-hybridized carbons (Fsp3) is 0. The van der Waals surface area contributed by atoms with Crippen molar-refractivity contribution in [3.8, 4) is 11.3 Å². The molecule has 104 valence electrons. The first kappa shape index (κ1) is 13.4. The Morgan fingerprint density at radius 1 is 1.14 bits per heavy atom. The zero-order valence-electron chi connectivity index (χ0n) is 10.5. The largest absolute Gasteiger partial charge is 0.360 e. The van der Waals surface area contributed by atoms with Crippen molar-refractivity contribution in [2.45, 2.75) is 0 Å². The molecule has 0 saturated carbocycles. The van der Waals surface area contributed by atoms with Crippen molar-refractivity contribution in [1.29, 1.82) is 0 Å². The first-order chi connectivity index (χ1) is 10.3. The van der Waals surface area contributed by atoms with Gasteiger partial charge in [-0.15, -0.1) is 0 Å². The van der Waals surface area contributed by atoms with Crippen molar-refractivity contribution in [2.75, 3.05) is 0 Å². The fourth-order valence-electron chi connectivity index (χ4n) is 2.49. The molecule has 0 saturated heterocycles. The molecule has 0 amide bonds. The smallest absolute Gasteiger partial charge is 0.224 e. The minimum absolute atomic E-state index is 0.258. The number of aromatic amines is 1. The van der Waals surface area contributed by atoms with Crippen molar-refractivity contribution in [3.05, 3.63) is 48.0 Å². The highest BCUT2D eigenvalue weighted by molar-refractivity contribution is 14.2. The zero-order chi connectivity index (χ0) is 14.4. The number of H-pyrrole nitrogens is 1. The number of aromatic nitrogens is 4. The molecule has 0 unspecified atom stereocenters. The van der Waals surface area contributed by atoms with E-state index in [0.29, 0.717) is 0 Å². The Labute approximate surface area is 141 Å². The third-order valence-electron chi connectivity index (χ3n) is 3.40. The van der Waals surface area contributed by atoms with Gasteiger partial charge in [0.25, 0.3) is 0 Å². The molecule has 4 aromatic rings. The second-order valence-electron chi connectivity index (χ2n) is 4.54. The number of fused-ring (bicyclic) bond motifs is 2. The lowest BCUT2D eigenvalue weighted by atomic mass is 10.1. The van der Waals surface area contributed by atoms with E-state index in [1.807, 2.05) is 40.6 Å². The summed E-state index contributed by atoms with van der Waals surface area (Å²) in [5, 5.41) is 2.38. The van der Waals surface area contributed by atoms with Crippen LogP contribution in [0.25, 0.3) is 33.2 Å². The van der Waals surface area contributed by atoms with Crippen LogP contribution in [0, 0.1) is 0 Å². The van der Waals surface area contributed by atoms with Crippen LogP contribution >= 0.6 is 41.9 Å². The van der Waals surface area contributed by atoms with Crippen LogP contribution < -0.4 is 0 Å². The van der Waals surface area contributed by atoms with Crippen LogP contribution in [-0.4, -0.2) is 18.9 Å². The highest BCUT2D eigenvalue weighted by Crippen LogP contribution is 2.34. The van der Waals surface area contributed by atoms with Gasteiger partial charge in [-0.25, -0.2) is 4.98 Å². The van der Waals surface area contributed by atoms with Crippen LogP contribution in [-0.2, 0) is 0 Å². The van der Waals surface area contributed by atoms with E-state index in [-0.39, 0.29) is 5.28 Å². The molecule has 3 heterocycles. The van der Waals surface area contributed by atoms with Gasteiger partial charge in [0, 0.05) is 64.6 Å². The maximum atomic E-state index is 6.12. The maximum Gasteiger partial charge on any atom is 0.224 e. The van der Waals surface area contributed by atoms with Gasteiger partial charge in [0.15, 0.2) is 5.65 Å². The summed E-state index contributed by atoms with van der Waals surface area (Å²) in [6, 6.07) is 10.2. The van der Waals surface area contributed by atoms with Gasteiger partial charge >= 0.3 is 0 Å². The molecule has 4 nitrogen and oxygen atoms in total. The summed E-state index contributed by atoms with van der Waals surface area (Å²) in [6.07, 6.45) is 3.95. The van der Waals surface area contributed by atoms with Crippen LogP contribution in [0.1, 0.15) is 0 Å². The molecule has 0 spiro atoms. The summed E-state index contributed by atoms with van der Waals surface area (Å²) < 4.78 is 1.97. The van der Waals surface area contributed by atoms with Crippen LogP contribution in [0.2, 0.25) is 5.28 Å². The first-order valence-electron chi connectivity index (χ1n) is 6.18. The summed E-state index contributed by atoms with van der Waals surface area (Å²) in [7, 11) is 1.55. The number of halogens is 2. The molecule has 0 bridgehead atoms. The predicted molar refractivity (Wildman–Crippen MR) is 96.8 cm³/mol. The third-order valence-corrected chi connectivity index (χ3v) is 5.29. The second kappa shape index (κ2) is 5.19. The number of hydrogen-bond donors (Lipinski definition) is 1. The lowest BCUT2D eigenvalue weighted by molar-refractivity contribution is 1.19. The van der Waals surface area contributed by atoms with Gasteiger partial charge in [0.1, 0.15) is 0 Å². The normalized spacial score (nSPS) is 11.5. The van der Waals surface area contributed by atoms with Gasteiger partial charge < -0.3 is 4.98 Å². The highest BCUT2D eigenvalue weighted by Gasteiger charge is 2.15. The summed E-state index contributed by atoms with van der Waals surface area (Å²) in [6.45, 7) is 0. The number of nitrogens with zero attached hydrogens (tertiary/aromatic N) is 3. The summed E-state index contributed by atoms with van der Waals surface area (Å²) >= 11 is 8.34.